The van der Waals surface area contributed by atoms with Gasteiger partial charge in [-0.25, -0.2) is 14.4 Å². The number of esters is 1. The molecule has 0 spiro atoms. The predicted molar refractivity (Wildman–Crippen MR) is 139 cm³/mol. The van der Waals surface area contributed by atoms with E-state index in [9.17, 15) is 14.4 Å². The van der Waals surface area contributed by atoms with Crippen molar-refractivity contribution in [2.75, 3.05) is 60.1 Å². The minimum absolute atomic E-state index is 0.0306. The number of hydrogen-bond acceptors (Lipinski definition) is 7. The molecule has 3 rings (SSSR count). The highest BCUT2D eigenvalue weighted by molar-refractivity contribution is 5.95. The van der Waals surface area contributed by atoms with Gasteiger partial charge in [0.05, 0.1) is 32.4 Å². The van der Waals surface area contributed by atoms with E-state index in [-0.39, 0.29) is 24.7 Å². The monoisotopic (exact) mass is 517 g/mol. The number of hydrogen-bond donors (Lipinski definition) is 2. The average Bonchev–Trinajstić information content (AvgIpc) is 2.88. The van der Waals surface area contributed by atoms with E-state index in [2.05, 4.69) is 15.5 Å². The molecule has 2 aliphatic rings. The highest BCUT2D eigenvalue weighted by atomic mass is 16.5. The molecule has 0 radical (unpaired) electrons. The number of nitrogens with zero attached hydrogens (tertiary/aromatic N) is 3. The second-order valence-corrected chi connectivity index (χ2v) is 8.93. The zero-order valence-corrected chi connectivity index (χ0v) is 22.6. The van der Waals surface area contributed by atoms with Gasteiger partial charge in [-0.1, -0.05) is 0 Å². The van der Waals surface area contributed by atoms with Crippen molar-refractivity contribution in [3.8, 4) is 11.5 Å². The molecule has 1 aromatic carbocycles. The van der Waals surface area contributed by atoms with Gasteiger partial charge < -0.3 is 29.7 Å². The fraction of sp³-hybridized carbons (Fsp3) is 0.577. The molecule has 1 saturated heterocycles. The first-order valence-corrected chi connectivity index (χ1v) is 12.8. The Kier molecular flexibility index (Phi) is 9.62. The van der Waals surface area contributed by atoms with Crippen molar-refractivity contribution in [1.82, 2.24) is 25.3 Å². The molecule has 11 heteroatoms. The lowest BCUT2D eigenvalue weighted by atomic mass is 9.93. The second-order valence-electron chi connectivity index (χ2n) is 8.93. The van der Waals surface area contributed by atoms with Gasteiger partial charge in [-0.3, -0.25) is 9.80 Å². The molecule has 1 fully saturated rings. The highest BCUT2D eigenvalue weighted by Gasteiger charge is 2.40. The number of carbonyl (C=O) groups excluding carboxylic acids is 3. The lowest BCUT2D eigenvalue weighted by Crippen LogP contribution is -2.58. The van der Waals surface area contributed by atoms with Crippen molar-refractivity contribution in [2.24, 2.45) is 0 Å². The van der Waals surface area contributed by atoms with Crippen LogP contribution in [-0.2, 0) is 9.53 Å². The number of likely N-dealkylation sites (N-methyl/N-ethyl adjacent to an activating group) is 1. The van der Waals surface area contributed by atoms with Gasteiger partial charge in [-0.15, -0.1) is 0 Å². The molecule has 0 saturated carbocycles. The number of urea groups is 2. The molecular formula is C26H39N5O6. The minimum Gasteiger partial charge on any atom is -0.497 e. The summed E-state index contributed by atoms with van der Waals surface area (Å²) in [7, 11) is 3.09. The van der Waals surface area contributed by atoms with Crippen LogP contribution in [0, 0.1) is 0 Å². The van der Waals surface area contributed by atoms with Gasteiger partial charge >= 0.3 is 18.0 Å². The Hall–Kier alpha value is -3.47. The van der Waals surface area contributed by atoms with Crippen LogP contribution < -0.4 is 20.1 Å². The van der Waals surface area contributed by atoms with E-state index in [1.807, 2.05) is 25.7 Å². The molecule has 0 aromatic heterocycles. The number of methoxy groups -OCH3 is 2. The molecule has 1 aromatic rings. The van der Waals surface area contributed by atoms with Gasteiger partial charge in [0.25, 0.3) is 0 Å². The third kappa shape index (κ3) is 6.10. The second kappa shape index (κ2) is 12.7. The van der Waals surface area contributed by atoms with Gasteiger partial charge in [0.2, 0.25) is 0 Å². The van der Waals surface area contributed by atoms with E-state index in [0.717, 1.165) is 0 Å². The maximum absolute atomic E-state index is 13.4. The molecule has 37 heavy (non-hydrogen) atoms. The van der Waals surface area contributed by atoms with E-state index in [0.29, 0.717) is 67.6 Å². The summed E-state index contributed by atoms with van der Waals surface area (Å²) in [5.41, 5.74) is 1.58. The molecule has 0 bridgehead atoms. The quantitative estimate of drug-likeness (QED) is 0.484. The SMILES string of the molecule is CCNC(=O)N1CCN(CC2=C(C(=O)OCC)[C@@H](c3ccc(OC)cc3OC)NC(=O)N2CC)C[C@@H]1C. The Bertz CT molecular complexity index is 1030. The van der Waals surface area contributed by atoms with Gasteiger partial charge in [0, 0.05) is 62.6 Å². The normalized spacial score (nSPS) is 20.4. The van der Waals surface area contributed by atoms with Crippen LogP contribution in [0.25, 0.3) is 0 Å². The standard InChI is InChI=1S/C26H39N5O6/c1-7-27-25(33)31-13-12-29(15-17(31)4)16-20-22(24(32)37-9-3)23(28-26(34)30(20)8-2)19-11-10-18(35-5)14-21(19)36-6/h10-11,14,17,23H,7-9,12-13,15-16H2,1-6H3,(H,27,33)(H,28,34)/t17-,23+/m0/s1. The first kappa shape index (κ1) is 28.1. The molecule has 2 aliphatic heterocycles. The van der Waals surface area contributed by atoms with E-state index in [1.54, 1.807) is 37.1 Å². The summed E-state index contributed by atoms with van der Waals surface area (Å²) in [6, 6.07) is 4.09. The molecule has 204 valence electrons. The van der Waals surface area contributed by atoms with Crippen LogP contribution in [0.3, 0.4) is 0 Å². The van der Waals surface area contributed by atoms with Crippen molar-refractivity contribution in [1.29, 1.82) is 0 Å². The maximum atomic E-state index is 13.4. The minimum atomic E-state index is -0.765. The number of piperazine rings is 1. The fourth-order valence-electron chi connectivity index (χ4n) is 4.89. The molecule has 2 atom stereocenters. The summed E-state index contributed by atoms with van der Waals surface area (Å²) in [6.07, 6.45) is 0. The summed E-state index contributed by atoms with van der Waals surface area (Å²) in [4.78, 5) is 44.6. The van der Waals surface area contributed by atoms with Crippen molar-refractivity contribution in [3.05, 3.63) is 35.0 Å². The molecule has 2 N–H and O–H groups in total. The summed E-state index contributed by atoms with van der Waals surface area (Å²) in [5, 5.41) is 5.83. The van der Waals surface area contributed by atoms with Crippen LogP contribution in [0.2, 0.25) is 0 Å². The Balaban J connectivity index is 2.03. The highest BCUT2D eigenvalue weighted by Crippen LogP contribution is 2.38. The summed E-state index contributed by atoms with van der Waals surface area (Å²) >= 11 is 0. The Morgan fingerprint density at radius 2 is 1.89 bits per heavy atom. The molecular weight excluding hydrogens is 478 g/mol. The zero-order valence-electron chi connectivity index (χ0n) is 22.6. The third-order valence-corrected chi connectivity index (χ3v) is 6.68. The topological polar surface area (TPSA) is 113 Å². The number of carbonyl (C=O) groups is 3. The van der Waals surface area contributed by atoms with Crippen LogP contribution >= 0.6 is 0 Å². The van der Waals surface area contributed by atoms with Crippen molar-refractivity contribution < 1.29 is 28.6 Å². The summed E-state index contributed by atoms with van der Waals surface area (Å²) in [5.74, 6) is 0.589. The maximum Gasteiger partial charge on any atom is 0.338 e. The number of benzene rings is 1. The van der Waals surface area contributed by atoms with E-state index in [4.69, 9.17) is 14.2 Å². The molecule has 4 amide bonds. The number of amides is 4. The van der Waals surface area contributed by atoms with Crippen LogP contribution in [0.1, 0.15) is 39.3 Å². The van der Waals surface area contributed by atoms with E-state index in [1.165, 1.54) is 7.11 Å². The number of ether oxygens (including phenoxy) is 3. The smallest absolute Gasteiger partial charge is 0.338 e. The lowest BCUT2D eigenvalue weighted by Gasteiger charge is -2.42. The van der Waals surface area contributed by atoms with Crippen molar-refractivity contribution in [3.63, 3.8) is 0 Å². The van der Waals surface area contributed by atoms with Crippen LogP contribution in [-0.4, -0.2) is 98.9 Å². The van der Waals surface area contributed by atoms with Crippen molar-refractivity contribution in [2.45, 2.75) is 39.8 Å². The predicted octanol–water partition coefficient (Wildman–Crippen LogP) is 2.34. The van der Waals surface area contributed by atoms with Crippen LogP contribution in [0.5, 0.6) is 11.5 Å². The Labute approximate surface area is 218 Å². The molecule has 11 nitrogen and oxygen atoms in total. The first-order chi connectivity index (χ1) is 17.8. The third-order valence-electron chi connectivity index (χ3n) is 6.68. The number of nitrogens with one attached hydrogen (secondary N) is 2. The summed E-state index contributed by atoms with van der Waals surface area (Å²) in [6.45, 7) is 10.8. The molecule has 2 heterocycles. The van der Waals surface area contributed by atoms with Gasteiger partial charge in [-0.2, -0.15) is 0 Å². The Morgan fingerprint density at radius 1 is 1.14 bits per heavy atom. The van der Waals surface area contributed by atoms with E-state index < -0.39 is 12.0 Å². The van der Waals surface area contributed by atoms with Gasteiger partial charge in [0.15, 0.2) is 0 Å². The summed E-state index contributed by atoms with van der Waals surface area (Å²) < 4.78 is 16.4. The average molecular weight is 518 g/mol. The zero-order chi connectivity index (χ0) is 27.1. The number of rotatable bonds is 9. The van der Waals surface area contributed by atoms with Gasteiger partial charge in [0.1, 0.15) is 11.5 Å². The van der Waals surface area contributed by atoms with Gasteiger partial charge in [-0.05, 0) is 39.8 Å². The van der Waals surface area contributed by atoms with Crippen molar-refractivity contribution >= 4 is 18.0 Å². The molecule has 0 unspecified atom stereocenters. The lowest BCUT2D eigenvalue weighted by molar-refractivity contribution is -0.139. The van der Waals surface area contributed by atoms with Crippen LogP contribution in [0.4, 0.5) is 9.59 Å². The van der Waals surface area contributed by atoms with Crippen LogP contribution in [0.15, 0.2) is 29.5 Å². The fourth-order valence-corrected chi connectivity index (χ4v) is 4.89. The molecule has 0 aliphatic carbocycles. The Morgan fingerprint density at radius 3 is 2.49 bits per heavy atom. The first-order valence-electron chi connectivity index (χ1n) is 12.8. The van der Waals surface area contributed by atoms with E-state index >= 15 is 0 Å². The largest absolute Gasteiger partial charge is 0.497 e.